The number of ether oxygens (including phenoxy) is 1. The fraction of sp³-hybridized carbons (Fsp3) is 0.211. The minimum absolute atomic E-state index is 0.00632. The van der Waals surface area contributed by atoms with E-state index in [9.17, 15) is 9.59 Å². The monoisotopic (exact) mass is 354 g/mol. The fourth-order valence-corrected chi connectivity index (χ4v) is 3.23. The number of para-hydroxylation sites is 1. The highest BCUT2D eigenvalue weighted by Gasteiger charge is 2.15. The second-order valence-corrected chi connectivity index (χ2v) is 6.75. The lowest BCUT2D eigenvalue weighted by molar-refractivity contribution is -0.127. The molecule has 0 aliphatic heterocycles. The van der Waals surface area contributed by atoms with E-state index in [1.165, 1.54) is 6.92 Å². The summed E-state index contributed by atoms with van der Waals surface area (Å²) in [6.45, 7) is 3.57. The number of ketones is 1. The maximum absolute atomic E-state index is 12.2. The Morgan fingerprint density at radius 2 is 1.88 bits per heavy atom. The smallest absolute Gasteiger partial charge is 0.261 e. The molecule has 1 amide bonds. The quantitative estimate of drug-likeness (QED) is 0.687. The van der Waals surface area contributed by atoms with Crippen LogP contribution in [0.25, 0.3) is 10.2 Å². The van der Waals surface area contributed by atoms with Gasteiger partial charge in [-0.25, -0.2) is 4.98 Å². The highest BCUT2D eigenvalue weighted by atomic mass is 32.1. The van der Waals surface area contributed by atoms with Gasteiger partial charge in [0.2, 0.25) is 0 Å². The SMILES string of the molecule is CC(=O)c1ccc(OC(C)C(=O)NCc2nc3ccccc3s2)cc1. The molecule has 0 radical (unpaired) electrons. The van der Waals surface area contributed by atoms with Gasteiger partial charge >= 0.3 is 0 Å². The molecule has 0 spiro atoms. The number of nitrogens with one attached hydrogen (secondary N) is 1. The Hall–Kier alpha value is -2.73. The molecular weight excluding hydrogens is 336 g/mol. The van der Waals surface area contributed by atoms with Gasteiger partial charge in [-0.05, 0) is 50.2 Å². The summed E-state index contributed by atoms with van der Waals surface area (Å²) in [5.41, 5.74) is 1.55. The van der Waals surface area contributed by atoms with Crippen molar-refractivity contribution in [2.24, 2.45) is 0 Å². The second kappa shape index (κ2) is 7.44. The van der Waals surface area contributed by atoms with Gasteiger partial charge in [-0.1, -0.05) is 12.1 Å². The summed E-state index contributed by atoms with van der Waals surface area (Å²) in [7, 11) is 0. The van der Waals surface area contributed by atoms with Gasteiger partial charge in [-0.15, -0.1) is 11.3 Å². The lowest BCUT2D eigenvalue weighted by Crippen LogP contribution is -2.35. The first-order valence-electron chi connectivity index (χ1n) is 7.93. The molecule has 1 aromatic heterocycles. The highest BCUT2D eigenvalue weighted by Crippen LogP contribution is 2.21. The average molecular weight is 354 g/mol. The van der Waals surface area contributed by atoms with Crippen LogP contribution in [0.2, 0.25) is 0 Å². The van der Waals surface area contributed by atoms with E-state index in [4.69, 9.17) is 4.74 Å². The highest BCUT2D eigenvalue weighted by molar-refractivity contribution is 7.18. The van der Waals surface area contributed by atoms with E-state index in [1.54, 1.807) is 42.5 Å². The van der Waals surface area contributed by atoms with Crippen molar-refractivity contribution < 1.29 is 14.3 Å². The predicted molar refractivity (Wildman–Crippen MR) is 98.0 cm³/mol. The standard InChI is InChI=1S/C19H18N2O3S/c1-12(22)14-7-9-15(10-8-14)24-13(2)19(23)20-11-18-21-16-5-3-4-6-17(16)25-18/h3-10,13H,11H2,1-2H3,(H,20,23). The molecule has 25 heavy (non-hydrogen) atoms. The summed E-state index contributed by atoms with van der Waals surface area (Å²) in [4.78, 5) is 27.9. The molecule has 0 aliphatic carbocycles. The molecule has 1 N–H and O–H groups in total. The average Bonchev–Trinajstić information content (AvgIpc) is 3.03. The second-order valence-electron chi connectivity index (χ2n) is 5.63. The van der Waals surface area contributed by atoms with Crippen molar-refractivity contribution in [2.45, 2.75) is 26.5 Å². The van der Waals surface area contributed by atoms with Gasteiger partial charge < -0.3 is 10.1 Å². The molecule has 0 aliphatic rings. The third-order valence-electron chi connectivity index (χ3n) is 3.69. The molecule has 6 heteroatoms. The van der Waals surface area contributed by atoms with Crippen LogP contribution in [0.15, 0.2) is 48.5 Å². The third-order valence-corrected chi connectivity index (χ3v) is 4.73. The number of thiazole rings is 1. The first-order chi connectivity index (χ1) is 12.0. The summed E-state index contributed by atoms with van der Waals surface area (Å²) >= 11 is 1.56. The number of fused-ring (bicyclic) bond motifs is 1. The molecular formula is C19H18N2O3S. The molecule has 2 aromatic carbocycles. The van der Waals surface area contributed by atoms with Crippen molar-refractivity contribution in [1.29, 1.82) is 0 Å². The van der Waals surface area contributed by atoms with Crippen molar-refractivity contribution in [2.75, 3.05) is 0 Å². The minimum atomic E-state index is -0.641. The topological polar surface area (TPSA) is 68.3 Å². The molecule has 0 fully saturated rings. The molecule has 5 nitrogen and oxygen atoms in total. The summed E-state index contributed by atoms with van der Waals surface area (Å²) in [5, 5.41) is 3.69. The molecule has 0 saturated carbocycles. The van der Waals surface area contributed by atoms with Crippen LogP contribution in [0.5, 0.6) is 5.75 Å². The van der Waals surface area contributed by atoms with Gasteiger partial charge in [-0.3, -0.25) is 9.59 Å². The van der Waals surface area contributed by atoms with Crippen molar-refractivity contribution in [3.05, 3.63) is 59.1 Å². The number of carbonyl (C=O) groups is 2. The molecule has 1 unspecified atom stereocenters. The maximum atomic E-state index is 12.2. The van der Waals surface area contributed by atoms with E-state index in [0.29, 0.717) is 17.9 Å². The fourth-order valence-electron chi connectivity index (χ4n) is 2.33. The molecule has 3 rings (SSSR count). The van der Waals surface area contributed by atoms with Gasteiger partial charge in [0, 0.05) is 5.56 Å². The zero-order chi connectivity index (χ0) is 17.8. The number of aromatic nitrogens is 1. The van der Waals surface area contributed by atoms with E-state index < -0.39 is 6.10 Å². The Bertz CT molecular complexity index is 869. The number of rotatable bonds is 6. The molecule has 1 heterocycles. The summed E-state index contributed by atoms with van der Waals surface area (Å²) < 4.78 is 6.72. The van der Waals surface area contributed by atoms with Crippen LogP contribution in [0.3, 0.4) is 0 Å². The molecule has 1 atom stereocenters. The number of amides is 1. The van der Waals surface area contributed by atoms with Crippen LogP contribution >= 0.6 is 11.3 Å². The molecule has 0 saturated heterocycles. The molecule has 128 valence electrons. The van der Waals surface area contributed by atoms with E-state index >= 15 is 0 Å². The number of hydrogen-bond donors (Lipinski definition) is 1. The van der Waals surface area contributed by atoms with E-state index in [0.717, 1.165) is 15.2 Å². The Morgan fingerprint density at radius 1 is 1.16 bits per heavy atom. The Labute approximate surface area is 149 Å². The number of nitrogens with zero attached hydrogens (tertiary/aromatic N) is 1. The minimum Gasteiger partial charge on any atom is -0.481 e. The first kappa shape index (κ1) is 17.1. The number of carbonyl (C=O) groups excluding carboxylic acids is 2. The van der Waals surface area contributed by atoms with Crippen molar-refractivity contribution in [3.63, 3.8) is 0 Å². The summed E-state index contributed by atoms with van der Waals surface area (Å²) in [5.74, 6) is 0.329. The van der Waals surface area contributed by atoms with E-state index in [-0.39, 0.29) is 11.7 Å². The van der Waals surface area contributed by atoms with E-state index in [1.807, 2.05) is 24.3 Å². The molecule has 3 aromatic rings. The first-order valence-corrected chi connectivity index (χ1v) is 8.74. The van der Waals surface area contributed by atoms with Gasteiger partial charge in [-0.2, -0.15) is 0 Å². The number of Topliss-reactive ketones (excluding diaryl/α,β-unsaturated/α-hetero) is 1. The Balaban J connectivity index is 1.56. The largest absolute Gasteiger partial charge is 0.481 e. The van der Waals surface area contributed by atoms with Crippen molar-refractivity contribution in [3.8, 4) is 5.75 Å². The lowest BCUT2D eigenvalue weighted by Gasteiger charge is -2.14. The van der Waals surface area contributed by atoms with Crippen molar-refractivity contribution >= 4 is 33.2 Å². The summed E-state index contributed by atoms with van der Waals surface area (Å²) in [6.07, 6.45) is -0.641. The number of hydrogen-bond acceptors (Lipinski definition) is 5. The van der Waals surface area contributed by atoms with Crippen LogP contribution in [0, 0.1) is 0 Å². The van der Waals surface area contributed by atoms with Gasteiger partial charge in [0.25, 0.3) is 5.91 Å². The predicted octanol–water partition coefficient (Wildman–Crippen LogP) is 3.58. The normalized spacial score (nSPS) is 11.9. The lowest BCUT2D eigenvalue weighted by atomic mass is 10.1. The zero-order valence-electron chi connectivity index (χ0n) is 14.0. The van der Waals surface area contributed by atoms with Crippen LogP contribution in [-0.2, 0) is 11.3 Å². The number of benzene rings is 2. The van der Waals surface area contributed by atoms with Gasteiger partial charge in [0.1, 0.15) is 10.8 Å². The van der Waals surface area contributed by atoms with E-state index in [2.05, 4.69) is 10.3 Å². The van der Waals surface area contributed by atoms with Gasteiger partial charge in [0.15, 0.2) is 11.9 Å². The Morgan fingerprint density at radius 3 is 2.56 bits per heavy atom. The zero-order valence-corrected chi connectivity index (χ0v) is 14.8. The molecule has 0 bridgehead atoms. The summed E-state index contributed by atoms with van der Waals surface area (Å²) in [6, 6.07) is 14.6. The van der Waals surface area contributed by atoms with Crippen LogP contribution in [-0.4, -0.2) is 22.8 Å². The van der Waals surface area contributed by atoms with Crippen LogP contribution in [0.1, 0.15) is 29.2 Å². The van der Waals surface area contributed by atoms with Gasteiger partial charge in [0.05, 0.1) is 16.8 Å². The van der Waals surface area contributed by atoms with Crippen LogP contribution < -0.4 is 10.1 Å². The maximum Gasteiger partial charge on any atom is 0.261 e. The van der Waals surface area contributed by atoms with Crippen molar-refractivity contribution in [1.82, 2.24) is 10.3 Å². The van der Waals surface area contributed by atoms with Crippen LogP contribution in [0.4, 0.5) is 0 Å². The Kier molecular flexibility index (Phi) is 5.09. The third kappa shape index (κ3) is 4.22.